The van der Waals surface area contributed by atoms with E-state index in [9.17, 15) is 13.2 Å². The Morgan fingerprint density at radius 3 is 2.70 bits per heavy atom. The molecule has 122 valence electrons. The highest BCUT2D eigenvalue weighted by molar-refractivity contribution is 7.89. The van der Waals surface area contributed by atoms with Crippen molar-refractivity contribution in [1.82, 2.24) is 14.9 Å². The molecule has 0 radical (unpaired) electrons. The van der Waals surface area contributed by atoms with E-state index in [0.29, 0.717) is 25.0 Å². The number of aromatic amines is 1. The summed E-state index contributed by atoms with van der Waals surface area (Å²) >= 11 is 0. The number of aromatic nitrogens is 2. The van der Waals surface area contributed by atoms with Gasteiger partial charge in [0, 0.05) is 17.7 Å². The van der Waals surface area contributed by atoms with Gasteiger partial charge in [-0.2, -0.15) is 5.10 Å². The van der Waals surface area contributed by atoms with E-state index in [1.54, 1.807) is 6.07 Å². The van der Waals surface area contributed by atoms with Gasteiger partial charge in [-0.05, 0) is 42.5 Å². The second-order valence-corrected chi connectivity index (χ2v) is 7.71. The SMILES string of the molecule is CCCS(=O)(=O)NC1Cc2ccc(-c3ccc(=O)[nH]n3)cc2C1. The zero-order valence-corrected chi connectivity index (χ0v) is 13.7. The molecule has 1 unspecified atom stereocenters. The van der Waals surface area contributed by atoms with Crippen LogP contribution in [0.2, 0.25) is 0 Å². The Labute approximate surface area is 135 Å². The summed E-state index contributed by atoms with van der Waals surface area (Å²) in [5, 5.41) is 6.45. The molecule has 0 fully saturated rings. The predicted octanol–water partition coefficient (Wildman–Crippen LogP) is 1.23. The van der Waals surface area contributed by atoms with Crippen LogP contribution < -0.4 is 10.3 Å². The quantitative estimate of drug-likeness (QED) is 0.861. The van der Waals surface area contributed by atoms with E-state index in [0.717, 1.165) is 16.7 Å². The average molecular weight is 333 g/mol. The Bertz CT molecular complexity index is 854. The van der Waals surface area contributed by atoms with Crippen molar-refractivity contribution in [1.29, 1.82) is 0 Å². The number of rotatable bonds is 5. The molecule has 6 nitrogen and oxygen atoms in total. The van der Waals surface area contributed by atoms with Crippen LogP contribution in [-0.4, -0.2) is 30.4 Å². The molecule has 0 saturated heterocycles. The largest absolute Gasteiger partial charge is 0.268 e. The van der Waals surface area contributed by atoms with Crippen LogP contribution in [0.1, 0.15) is 24.5 Å². The van der Waals surface area contributed by atoms with Gasteiger partial charge < -0.3 is 0 Å². The van der Waals surface area contributed by atoms with Crippen molar-refractivity contribution >= 4 is 10.0 Å². The van der Waals surface area contributed by atoms with Crippen molar-refractivity contribution in [3.63, 3.8) is 0 Å². The summed E-state index contributed by atoms with van der Waals surface area (Å²) in [7, 11) is -3.20. The number of nitrogens with zero attached hydrogens (tertiary/aromatic N) is 1. The molecule has 2 N–H and O–H groups in total. The predicted molar refractivity (Wildman–Crippen MR) is 88.7 cm³/mol. The summed E-state index contributed by atoms with van der Waals surface area (Å²) in [6.07, 6.45) is 1.99. The molecular weight excluding hydrogens is 314 g/mol. The number of benzene rings is 1. The molecule has 1 aromatic carbocycles. The molecule has 1 heterocycles. The maximum Gasteiger partial charge on any atom is 0.264 e. The monoisotopic (exact) mass is 333 g/mol. The molecule has 2 aromatic rings. The molecule has 0 spiro atoms. The van der Waals surface area contributed by atoms with E-state index in [2.05, 4.69) is 14.9 Å². The van der Waals surface area contributed by atoms with Crippen molar-refractivity contribution in [3.8, 4) is 11.3 Å². The summed E-state index contributed by atoms with van der Waals surface area (Å²) < 4.78 is 26.6. The van der Waals surface area contributed by atoms with Crippen LogP contribution in [0.15, 0.2) is 35.1 Å². The molecule has 0 aliphatic heterocycles. The lowest BCUT2D eigenvalue weighted by molar-refractivity contribution is 0.554. The maximum atomic E-state index is 11.9. The molecule has 0 bridgehead atoms. The standard InChI is InChI=1S/C16H19N3O3S/c1-2-7-23(21,22)19-14-9-11-3-4-12(8-13(11)10-14)15-5-6-16(20)18-17-15/h3-6,8,14,19H,2,7,9-10H2,1H3,(H,18,20). The minimum absolute atomic E-state index is 0.0830. The van der Waals surface area contributed by atoms with E-state index in [4.69, 9.17) is 0 Å². The summed E-state index contributed by atoms with van der Waals surface area (Å²) in [4.78, 5) is 11.1. The fraction of sp³-hybridized carbons (Fsp3) is 0.375. The van der Waals surface area contributed by atoms with Crippen LogP contribution in [0.4, 0.5) is 0 Å². The van der Waals surface area contributed by atoms with Crippen LogP contribution in [0.5, 0.6) is 0 Å². The van der Waals surface area contributed by atoms with Crippen LogP contribution >= 0.6 is 0 Å². The lowest BCUT2D eigenvalue weighted by atomic mass is 10.0. The molecular formula is C16H19N3O3S. The van der Waals surface area contributed by atoms with E-state index in [-0.39, 0.29) is 17.4 Å². The van der Waals surface area contributed by atoms with Gasteiger partial charge in [-0.25, -0.2) is 18.2 Å². The molecule has 1 aromatic heterocycles. The first-order valence-electron chi connectivity index (χ1n) is 7.65. The van der Waals surface area contributed by atoms with Crippen molar-refractivity contribution in [2.45, 2.75) is 32.2 Å². The minimum atomic E-state index is -3.20. The highest BCUT2D eigenvalue weighted by atomic mass is 32.2. The summed E-state index contributed by atoms with van der Waals surface area (Å²) in [5.41, 5.74) is 3.65. The topological polar surface area (TPSA) is 91.9 Å². The maximum absolute atomic E-state index is 11.9. The van der Waals surface area contributed by atoms with E-state index in [1.807, 2.05) is 25.1 Å². The minimum Gasteiger partial charge on any atom is -0.268 e. The Balaban J connectivity index is 1.78. The Morgan fingerprint density at radius 2 is 2.00 bits per heavy atom. The first kappa shape index (κ1) is 15.9. The Hall–Kier alpha value is -1.99. The lowest BCUT2D eigenvalue weighted by Crippen LogP contribution is -2.36. The van der Waals surface area contributed by atoms with Gasteiger partial charge in [-0.1, -0.05) is 19.1 Å². The normalized spacial score (nSPS) is 17.2. The zero-order chi connectivity index (χ0) is 16.4. The van der Waals surface area contributed by atoms with E-state index in [1.165, 1.54) is 6.07 Å². The van der Waals surface area contributed by atoms with Gasteiger partial charge in [-0.3, -0.25) is 4.79 Å². The summed E-state index contributed by atoms with van der Waals surface area (Å²) in [6, 6.07) is 9.01. The fourth-order valence-electron chi connectivity index (χ4n) is 2.95. The van der Waals surface area contributed by atoms with Gasteiger partial charge in [0.25, 0.3) is 5.56 Å². The van der Waals surface area contributed by atoms with Gasteiger partial charge in [0.05, 0.1) is 11.4 Å². The number of H-pyrrole nitrogens is 1. The molecule has 0 saturated carbocycles. The second kappa shape index (κ2) is 6.25. The smallest absolute Gasteiger partial charge is 0.264 e. The second-order valence-electron chi connectivity index (χ2n) is 5.83. The molecule has 1 atom stereocenters. The first-order chi connectivity index (χ1) is 11.0. The third-order valence-corrected chi connectivity index (χ3v) is 5.57. The first-order valence-corrected chi connectivity index (χ1v) is 9.30. The Morgan fingerprint density at radius 1 is 1.22 bits per heavy atom. The van der Waals surface area contributed by atoms with Crippen LogP contribution in [0.25, 0.3) is 11.3 Å². The van der Waals surface area contributed by atoms with Crippen molar-refractivity contribution in [3.05, 3.63) is 51.8 Å². The summed E-state index contributed by atoms with van der Waals surface area (Å²) in [5.74, 6) is 0.159. The third kappa shape index (κ3) is 3.68. The number of sulfonamides is 1. The Kier molecular flexibility index (Phi) is 4.32. The summed E-state index contributed by atoms with van der Waals surface area (Å²) in [6.45, 7) is 1.85. The molecule has 23 heavy (non-hydrogen) atoms. The van der Waals surface area contributed by atoms with Gasteiger partial charge in [0.2, 0.25) is 10.0 Å². The molecule has 1 aliphatic carbocycles. The van der Waals surface area contributed by atoms with Crippen LogP contribution in [-0.2, 0) is 22.9 Å². The number of fused-ring (bicyclic) bond motifs is 1. The van der Waals surface area contributed by atoms with Crippen molar-refractivity contribution in [2.24, 2.45) is 0 Å². The lowest BCUT2D eigenvalue weighted by Gasteiger charge is -2.11. The van der Waals surface area contributed by atoms with Gasteiger partial charge in [0.1, 0.15) is 0 Å². The van der Waals surface area contributed by atoms with Gasteiger partial charge >= 0.3 is 0 Å². The van der Waals surface area contributed by atoms with E-state index >= 15 is 0 Å². The zero-order valence-electron chi connectivity index (χ0n) is 12.9. The molecule has 1 aliphatic rings. The van der Waals surface area contributed by atoms with Crippen molar-refractivity contribution in [2.75, 3.05) is 5.75 Å². The third-order valence-electron chi connectivity index (χ3n) is 3.93. The highest BCUT2D eigenvalue weighted by Crippen LogP contribution is 2.27. The number of hydrogen-bond acceptors (Lipinski definition) is 4. The molecule has 3 rings (SSSR count). The highest BCUT2D eigenvalue weighted by Gasteiger charge is 2.25. The van der Waals surface area contributed by atoms with Gasteiger partial charge in [-0.15, -0.1) is 0 Å². The van der Waals surface area contributed by atoms with Crippen LogP contribution in [0.3, 0.4) is 0 Å². The molecule has 7 heteroatoms. The van der Waals surface area contributed by atoms with E-state index < -0.39 is 10.0 Å². The average Bonchev–Trinajstić information content (AvgIpc) is 2.88. The number of nitrogens with one attached hydrogen (secondary N) is 2. The van der Waals surface area contributed by atoms with Crippen LogP contribution in [0, 0.1) is 0 Å². The van der Waals surface area contributed by atoms with Gasteiger partial charge in [0.15, 0.2) is 0 Å². The molecule has 0 amide bonds. The number of hydrogen-bond donors (Lipinski definition) is 2. The fourth-order valence-corrected chi connectivity index (χ4v) is 4.28. The van der Waals surface area contributed by atoms with Crippen molar-refractivity contribution < 1.29 is 8.42 Å².